The van der Waals surface area contributed by atoms with E-state index in [1.807, 2.05) is 33.9 Å². The molecule has 0 radical (unpaired) electrons. The van der Waals surface area contributed by atoms with Gasteiger partial charge in [-0.1, -0.05) is 13.8 Å². The van der Waals surface area contributed by atoms with E-state index in [-0.39, 0.29) is 0 Å². The Hall–Kier alpha value is -1.83. The van der Waals surface area contributed by atoms with Gasteiger partial charge in [-0.2, -0.15) is 5.26 Å². The number of nitriles is 1. The summed E-state index contributed by atoms with van der Waals surface area (Å²) in [6.07, 6.45) is 0. The number of hydrogen-bond donors (Lipinski definition) is 1. The van der Waals surface area contributed by atoms with Gasteiger partial charge in [0.15, 0.2) is 0 Å². The zero-order valence-electron chi connectivity index (χ0n) is 12.7. The topological polar surface area (TPSA) is 64.8 Å². The Morgan fingerprint density at radius 3 is 2.58 bits per heavy atom. The fourth-order valence-corrected chi connectivity index (χ4v) is 1.80. The van der Waals surface area contributed by atoms with Gasteiger partial charge in [-0.3, -0.25) is 0 Å². The van der Waals surface area contributed by atoms with Crippen LogP contribution in [0, 0.1) is 24.2 Å². The molecule has 0 spiro atoms. The summed E-state index contributed by atoms with van der Waals surface area (Å²) in [6, 6.07) is 4.09. The first-order valence-electron chi connectivity index (χ1n) is 6.50. The summed E-state index contributed by atoms with van der Waals surface area (Å²) >= 11 is 0. The molecule has 5 nitrogen and oxygen atoms in total. The molecule has 0 saturated heterocycles. The van der Waals surface area contributed by atoms with Crippen LogP contribution in [0.4, 0.5) is 11.6 Å². The molecule has 1 aromatic heterocycles. The Morgan fingerprint density at radius 1 is 1.42 bits per heavy atom. The molecule has 0 aliphatic carbocycles. The third-order valence-electron chi connectivity index (χ3n) is 2.57. The van der Waals surface area contributed by atoms with Crippen molar-refractivity contribution in [3.63, 3.8) is 0 Å². The summed E-state index contributed by atoms with van der Waals surface area (Å²) in [6.45, 7) is 10.8. The van der Waals surface area contributed by atoms with Gasteiger partial charge in [-0.25, -0.2) is 9.97 Å². The molecular weight excluding hydrogens is 238 g/mol. The van der Waals surface area contributed by atoms with Gasteiger partial charge in [-0.15, -0.1) is 0 Å². The highest BCUT2D eigenvalue weighted by Crippen LogP contribution is 2.18. The number of nitrogens with one attached hydrogen (secondary N) is 1. The van der Waals surface area contributed by atoms with Crippen LogP contribution in [0.15, 0.2) is 6.07 Å². The third-order valence-corrected chi connectivity index (χ3v) is 2.57. The lowest BCUT2D eigenvalue weighted by Gasteiger charge is -2.23. The highest BCUT2D eigenvalue weighted by atomic mass is 15.2. The zero-order chi connectivity index (χ0) is 14.6. The van der Waals surface area contributed by atoms with Crippen molar-refractivity contribution in [3.8, 4) is 6.07 Å². The predicted octanol–water partition coefficient (Wildman–Crippen LogP) is 2.59. The Morgan fingerprint density at radius 2 is 2.05 bits per heavy atom. The second-order valence-electron chi connectivity index (χ2n) is 5.79. The van der Waals surface area contributed by atoms with Gasteiger partial charge < -0.3 is 10.2 Å². The Labute approximate surface area is 115 Å². The number of rotatable bonds is 5. The van der Waals surface area contributed by atoms with Crippen LogP contribution in [-0.4, -0.2) is 29.1 Å². The van der Waals surface area contributed by atoms with Crippen molar-refractivity contribution in [2.75, 3.05) is 23.8 Å². The van der Waals surface area contributed by atoms with Crippen LogP contribution >= 0.6 is 0 Å². The minimum atomic E-state index is -0.644. The molecular formula is C14H23N5. The lowest BCUT2D eigenvalue weighted by molar-refractivity contribution is 0.633. The number of nitrogens with zero attached hydrogens (tertiary/aromatic N) is 4. The molecule has 0 saturated carbocycles. The third kappa shape index (κ3) is 4.74. The van der Waals surface area contributed by atoms with Gasteiger partial charge in [0.1, 0.15) is 23.0 Å². The molecule has 0 aromatic carbocycles. The van der Waals surface area contributed by atoms with Crippen LogP contribution in [0.25, 0.3) is 0 Å². The molecule has 19 heavy (non-hydrogen) atoms. The van der Waals surface area contributed by atoms with Crippen LogP contribution in [0.3, 0.4) is 0 Å². The minimum absolute atomic E-state index is 0.562. The van der Waals surface area contributed by atoms with Crippen LogP contribution in [0.1, 0.15) is 33.5 Å². The maximum atomic E-state index is 9.06. The van der Waals surface area contributed by atoms with E-state index in [1.165, 1.54) is 0 Å². The van der Waals surface area contributed by atoms with E-state index in [2.05, 4.69) is 40.1 Å². The van der Waals surface area contributed by atoms with Crippen molar-refractivity contribution >= 4 is 11.6 Å². The summed E-state index contributed by atoms with van der Waals surface area (Å²) in [5.41, 5.74) is -0.644. The second kappa shape index (κ2) is 5.87. The largest absolute Gasteiger partial charge is 0.359 e. The van der Waals surface area contributed by atoms with E-state index in [4.69, 9.17) is 5.26 Å². The molecule has 0 bridgehead atoms. The summed E-state index contributed by atoms with van der Waals surface area (Å²) in [4.78, 5) is 10.9. The Balaban J connectivity index is 2.98. The van der Waals surface area contributed by atoms with Gasteiger partial charge in [-0.05, 0) is 26.7 Å². The van der Waals surface area contributed by atoms with Crippen molar-refractivity contribution < 1.29 is 0 Å². The molecule has 0 unspecified atom stereocenters. The summed E-state index contributed by atoms with van der Waals surface area (Å²) in [5.74, 6) is 2.82. The van der Waals surface area contributed by atoms with Crippen molar-refractivity contribution in [2.45, 2.75) is 40.2 Å². The van der Waals surface area contributed by atoms with E-state index in [1.54, 1.807) is 0 Å². The Kier molecular flexibility index (Phi) is 4.71. The van der Waals surface area contributed by atoms with Gasteiger partial charge in [0.2, 0.25) is 0 Å². The molecule has 1 heterocycles. The molecule has 1 N–H and O–H groups in total. The normalized spacial score (nSPS) is 11.3. The first-order chi connectivity index (χ1) is 8.73. The molecule has 1 aromatic rings. The molecule has 0 amide bonds. The van der Waals surface area contributed by atoms with Crippen molar-refractivity contribution in [1.82, 2.24) is 9.97 Å². The van der Waals surface area contributed by atoms with Crippen molar-refractivity contribution in [3.05, 3.63) is 11.9 Å². The molecule has 0 fully saturated rings. The van der Waals surface area contributed by atoms with Crippen LogP contribution in [0.5, 0.6) is 0 Å². The van der Waals surface area contributed by atoms with E-state index in [0.29, 0.717) is 17.6 Å². The summed E-state index contributed by atoms with van der Waals surface area (Å²) < 4.78 is 0. The maximum absolute atomic E-state index is 9.06. The number of aromatic nitrogens is 2. The molecule has 0 aliphatic rings. The molecule has 104 valence electrons. The average Bonchev–Trinajstić information content (AvgIpc) is 2.26. The van der Waals surface area contributed by atoms with E-state index >= 15 is 0 Å². The minimum Gasteiger partial charge on any atom is -0.359 e. The van der Waals surface area contributed by atoms with Crippen LogP contribution in [-0.2, 0) is 0 Å². The van der Waals surface area contributed by atoms with E-state index in [9.17, 15) is 0 Å². The molecule has 0 aliphatic heterocycles. The first-order valence-corrected chi connectivity index (χ1v) is 6.50. The molecule has 0 atom stereocenters. The molecule has 5 heteroatoms. The lowest BCUT2D eigenvalue weighted by atomic mass is 10.1. The van der Waals surface area contributed by atoms with Crippen molar-refractivity contribution in [2.24, 2.45) is 5.92 Å². The lowest BCUT2D eigenvalue weighted by Crippen LogP contribution is -2.30. The Bertz CT molecular complexity index is 473. The summed E-state index contributed by atoms with van der Waals surface area (Å²) in [5, 5.41) is 12.2. The summed E-state index contributed by atoms with van der Waals surface area (Å²) in [7, 11) is 2.01. The van der Waals surface area contributed by atoms with Gasteiger partial charge in [0, 0.05) is 19.7 Å². The quantitative estimate of drug-likeness (QED) is 0.882. The number of aryl methyl sites for hydroxylation is 1. The second-order valence-corrected chi connectivity index (χ2v) is 5.79. The standard InChI is InChI=1S/C14H23N5/c1-10(2)8-19(6)13-7-12(16-11(3)17-13)18-14(4,5)9-15/h7,10H,8H2,1-6H3,(H,16,17,18). The van der Waals surface area contributed by atoms with Gasteiger partial charge in [0.25, 0.3) is 0 Å². The number of hydrogen-bond acceptors (Lipinski definition) is 5. The first kappa shape index (κ1) is 15.2. The zero-order valence-corrected chi connectivity index (χ0v) is 12.7. The highest BCUT2D eigenvalue weighted by molar-refractivity contribution is 5.51. The maximum Gasteiger partial charge on any atom is 0.134 e. The number of anilines is 2. The predicted molar refractivity (Wildman–Crippen MR) is 78.2 cm³/mol. The smallest absolute Gasteiger partial charge is 0.134 e. The van der Waals surface area contributed by atoms with Crippen LogP contribution < -0.4 is 10.2 Å². The highest BCUT2D eigenvalue weighted by Gasteiger charge is 2.17. The van der Waals surface area contributed by atoms with Gasteiger partial charge in [0.05, 0.1) is 6.07 Å². The van der Waals surface area contributed by atoms with E-state index < -0.39 is 5.54 Å². The van der Waals surface area contributed by atoms with E-state index in [0.717, 1.165) is 12.4 Å². The monoisotopic (exact) mass is 261 g/mol. The fraction of sp³-hybridized carbons (Fsp3) is 0.643. The van der Waals surface area contributed by atoms with Gasteiger partial charge >= 0.3 is 0 Å². The SMILES string of the molecule is Cc1nc(NC(C)(C)C#N)cc(N(C)CC(C)C)n1. The fourth-order valence-electron chi connectivity index (χ4n) is 1.80. The van der Waals surface area contributed by atoms with Crippen molar-refractivity contribution in [1.29, 1.82) is 5.26 Å². The van der Waals surface area contributed by atoms with Crippen LogP contribution in [0.2, 0.25) is 0 Å². The molecule has 1 rings (SSSR count). The average molecular weight is 261 g/mol.